The highest BCUT2D eigenvalue weighted by atomic mass is 32.1. The third-order valence-electron chi connectivity index (χ3n) is 6.09. The highest BCUT2D eigenvalue weighted by Gasteiger charge is 2.23. The first-order valence-corrected chi connectivity index (χ1v) is 11.4. The fraction of sp³-hybridized carbons (Fsp3) is 0.417. The zero-order valence-corrected chi connectivity index (χ0v) is 19.2. The molecule has 31 heavy (non-hydrogen) atoms. The number of aryl methyl sites for hydroxylation is 1. The van der Waals surface area contributed by atoms with Gasteiger partial charge in [-0.2, -0.15) is 0 Å². The van der Waals surface area contributed by atoms with Crippen molar-refractivity contribution >= 4 is 40.3 Å². The molecule has 2 N–H and O–H groups in total. The third kappa shape index (κ3) is 5.35. The van der Waals surface area contributed by atoms with Gasteiger partial charge in [-0.15, -0.1) is 0 Å². The van der Waals surface area contributed by atoms with E-state index in [0.717, 1.165) is 56.1 Å². The summed E-state index contributed by atoms with van der Waals surface area (Å²) in [6, 6.07) is 14.7. The molecule has 0 aromatic heterocycles. The quantitative estimate of drug-likeness (QED) is 0.700. The first-order chi connectivity index (χ1) is 15.0. The number of carbonyl (C=O) groups is 1. The van der Waals surface area contributed by atoms with Crippen molar-refractivity contribution in [3.05, 3.63) is 53.6 Å². The largest absolute Gasteiger partial charge is 0.369 e. The van der Waals surface area contributed by atoms with Crippen LogP contribution in [0.1, 0.15) is 24.0 Å². The number of nitrogens with zero attached hydrogens (tertiary/aromatic N) is 3. The maximum absolute atomic E-state index is 12.1. The number of amides is 1. The predicted molar refractivity (Wildman–Crippen MR) is 132 cm³/mol. The van der Waals surface area contributed by atoms with E-state index in [1.165, 1.54) is 11.3 Å². The maximum atomic E-state index is 12.1. The van der Waals surface area contributed by atoms with Crippen molar-refractivity contribution in [1.29, 1.82) is 0 Å². The van der Waals surface area contributed by atoms with Crippen molar-refractivity contribution in [3.63, 3.8) is 0 Å². The SMILES string of the molecule is Cc1ccc(NC(=S)NCc2ccc(N3CCN(C)CC3)cc2)cc1N1CCCC1=O. The Bertz CT molecular complexity index is 937. The topological polar surface area (TPSA) is 50.9 Å². The van der Waals surface area contributed by atoms with E-state index in [-0.39, 0.29) is 5.91 Å². The summed E-state index contributed by atoms with van der Waals surface area (Å²) in [5.41, 5.74) is 5.42. The van der Waals surface area contributed by atoms with E-state index in [4.69, 9.17) is 12.2 Å². The molecule has 2 saturated heterocycles. The molecule has 2 heterocycles. The number of likely N-dealkylation sites (N-methyl/N-ethyl adjacent to an activating group) is 1. The molecule has 0 radical (unpaired) electrons. The molecule has 2 aromatic rings. The Morgan fingerprint density at radius 1 is 1.03 bits per heavy atom. The van der Waals surface area contributed by atoms with Gasteiger partial charge in [-0.1, -0.05) is 18.2 Å². The van der Waals surface area contributed by atoms with Crippen LogP contribution in [0.4, 0.5) is 17.1 Å². The van der Waals surface area contributed by atoms with Gasteiger partial charge in [-0.05, 0) is 68.0 Å². The number of nitrogens with one attached hydrogen (secondary N) is 2. The molecule has 4 rings (SSSR count). The first kappa shape index (κ1) is 21.6. The Balaban J connectivity index is 1.31. The van der Waals surface area contributed by atoms with Gasteiger partial charge in [0.25, 0.3) is 0 Å². The van der Waals surface area contributed by atoms with E-state index in [1.54, 1.807) is 0 Å². The molecule has 6 nitrogen and oxygen atoms in total. The van der Waals surface area contributed by atoms with Crippen molar-refractivity contribution in [2.45, 2.75) is 26.3 Å². The van der Waals surface area contributed by atoms with E-state index in [1.807, 2.05) is 30.0 Å². The van der Waals surface area contributed by atoms with E-state index in [0.29, 0.717) is 18.1 Å². The lowest BCUT2D eigenvalue weighted by atomic mass is 10.1. The predicted octanol–water partition coefficient (Wildman–Crippen LogP) is 3.36. The summed E-state index contributed by atoms with van der Waals surface area (Å²) in [6.45, 7) is 7.85. The van der Waals surface area contributed by atoms with Gasteiger partial charge >= 0.3 is 0 Å². The molecule has 164 valence electrons. The van der Waals surface area contributed by atoms with Crippen molar-refractivity contribution in [2.75, 3.05) is 54.9 Å². The van der Waals surface area contributed by atoms with E-state index >= 15 is 0 Å². The Morgan fingerprint density at radius 2 is 1.77 bits per heavy atom. The lowest BCUT2D eigenvalue weighted by Crippen LogP contribution is -2.44. The lowest BCUT2D eigenvalue weighted by Gasteiger charge is -2.34. The van der Waals surface area contributed by atoms with Crippen molar-refractivity contribution in [3.8, 4) is 0 Å². The van der Waals surface area contributed by atoms with Gasteiger partial charge in [0.1, 0.15) is 0 Å². The minimum atomic E-state index is 0.195. The van der Waals surface area contributed by atoms with Crippen molar-refractivity contribution in [2.24, 2.45) is 0 Å². The minimum absolute atomic E-state index is 0.195. The van der Waals surface area contributed by atoms with Crippen LogP contribution in [0.25, 0.3) is 0 Å². The van der Waals surface area contributed by atoms with Gasteiger partial charge in [0.15, 0.2) is 5.11 Å². The Kier molecular flexibility index (Phi) is 6.73. The lowest BCUT2D eigenvalue weighted by molar-refractivity contribution is -0.117. The molecule has 0 saturated carbocycles. The number of hydrogen-bond acceptors (Lipinski definition) is 4. The Labute approximate surface area is 190 Å². The average Bonchev–Trinajstić information content (AvgIpc) is 3.20. The van der Waals surface area contributed by atoms with Gasteiger partial charge in [-0.3, -0.25) is 4.79 Å². The first-order valence-electron chi connectivity index (χ1n) is 11.0. The molecular formula is C24H31N5OS. The third-order valence-corrected chi connectivity index (χ3v) is 6.34. The number of rotatable bonds is 5. The normalized spacial score (nSPS) is 17.2. The van der Waals surface area contributed by atoms with Crippen LogP contribution in [0.5, 0.6) is 0 Å². The number of benzene rings is 2. The summed E-state index contributed by atoms with van der Waals surface area (Å²) in [7, 11) is 2.17. The van der Waals surface area contributed by atoms with Crippen LogP contribution >= 0.6 is 12.2 Å². The van der Waals surface area contributed by atoms with Crippen molar-refractivity contribution < 1.29 is 4.79 Å². The van der Waals surface area contributed by atoms with E-state index < -0.39 is 0 Å². The molecule has 1 amide bonds. The number of anilines is 3. The summed E-state index contributed by atoms with van der Waals surface area (Å²) in [5.74, 6) is 0.195. The van der Waals surface area contributed by atoms with Crippen molar-refractivity contribution in [1.82, 2.24) is 10.2 Å². The van der Waals surface area contributed by atoms with Crippen LogP contribution in [0.3, 0.4) is 0 Å². The second kappa shape index (κ2) is 9.66. The smallest absolute Gasteiger partial charge is 0.227 e. The van der Waals surface area contributed by atoms with Crippen LogP contribution in [-0.2, 0) is 11.3 Å². The number of piperazine rings is 1. The fourth-order valence-electron chi connectivity index (χ4n) is 4.13. The standard InChI is InChI=1S/C24H31N5OS/c1-18-5-8-20(16-22(18)29-11-3-4-23(29)30)26-24(31)25-17-19-6-9-21(10-7-19)28-14-12-27(2)13-15-28/h5-10,16H,3-4,11-15,17H2,1-2H3,(H2,25,26,31). The maximum Gasteiger partial charge on any atom is 0.227 e. The van der Waals surface area contributed by atoms with Gasteiger partial charge in [0.2, 0.25) is 5.91 Å². The van der Waals surface area contributed by atoms with Crippen LogP contribution in [0.2, 0.25) is 0 Å². The van der Waals surface area contributed by atoms with Gasteiger partial charge in [-0.25, -0.2) is 0 Å². The van der Waals surface area contributed by atoms with E-state index in [9.17, 15) is 4.79 Å². The summed E-state index contributed by atoms with van der Waals surface area (Å²) in [5, 5.41) is 7.11. The summed E-state index contributed by atoms with van der Waals surface area (Å²) in [4.78, 5) is 18.8. The number of hydrogen-bond donors (Lipinski definition) is 2. The fourth-order valence-corrected chi connectivity index (χ4v) is 4.32. The molecular weight excluding hydrogens is 406 g/mol. The summed E-state index contributed by atoms with van der Waals surface area (Å²) < 4.78 is 0. The van der Waals surface area contributed by atoms with Crippen LogP contribution in [-0.4, -0.2) is 55.7 Å². The summed E-state index contributed by atoms with van der Waals surface area (Å²) >= 11 is 5.49. The van der Waals surface area contributed by atoms with Gasteiger partial charge < -0.3 is 25.3 Å². The molecule has 0 atom stereocenters. The van der Waals surface area contributed by atoms with E-state index in [2.05, 4.69) is 51.7 Å². The second-order valence-electron chi connectivity index (χ2n) is 8.41. The molecule has 0 unspecified atom stereocenters. The molecule has 0 aliphatic carbocycles. The second-order valence-corrected chi connectivity index (χ2v) is 8.82. The molecule has 2 aromatic carbocycles. The Morgan fingerprint density at radius 3 is 2.45 bits per heavy atom. The van der Waals surface area contributed by atoms with Gasteiger partial charge in [0, 0.05) is 62.8 Å². The molecule has 0 spiro atoms. The van der Waals surface area contributed by atoms with Gasteiger partial charge in [0.05, 0.1) is 0 Å². The molecule has 0 bridgehead atoms. The number of thiocarbonyl (C=S) groups is 1. The monoisotopic (exact) mass is 437 g/mol. The highest BCUT2D eigenvalue weighted by molar-refractivity contribution is 7.80. The molecule has 2 fully saturated rings. The van der Waals surface area contributed by atoms with Crippen LogP contribution < -0.4 is 20.4 Å². The molecule has 2 aliphatic heterocycles. The Hall–Kier alpha value is -2.64. The van der Waals surface area contributed by atoms with Crippen LogP contribution in [0, 0.1) is 6.92 Å². The van der Waals surface area contributed by atoms with Crippen LogP contribution in [0.15, 0.2) is 42.5 Å². The summed E-state index contributed by atoms with van der Waals surface area (Å²) in [6.07, 6.45) is 1.55. The highest BCUT2D eigenvalue weighted by Crippen LogP contribution is 2.28. The zero-order chi connectivity index (χ0) is 21.8. The zero-order valence-electron chi connectivity index (χ0n) is 18.4. The molecule has 7 heteroatoms. The number of carbonyl (C=O) groups excluding carboxylic acids is 1. The minimum Gasteiger partial charge on any atom is -0.369 e. The average molecular weight is 438 g/mol. The molecule has 2 aliphatic rings.